The van der Waals surface area contributed by atoms with Crippen LogP contribution in [-0.2, 0) is 12.8 Å². The summed E-state index contributed by atoms with van der Waals surface area (Å²) in [6.07, 6.45) is 2.83. The number of aryl methyl sites for hydroxylation is 2. The van der Waals surface area contributed by atoms with Gasteiger partial charge >= 0.3 is 0 Å². The first-order chi connectivity index (χ1) is 8.10. The van der Waals surface area contributed by atoms with Crippen molar-refractivity contribution >= 4 is 13.7 Å². The van der Waals surface area contributed by atoms with Crippen molar-refractivity contribution in [2.75, 3.05) is 6.16 Å². The molecule has 1 rings (SSSR count). The van der Waals surface area contributed by atoms with Crippen molar-refractivity contribution in [3.05, 3.63) is 34.9 Å². The highest BCUT2D eigenvalue weighted by Gasteiger charge is 2.04. The molecule has 0 atom stereocenters. The second kappa shape index (κ2) is 6.93. The van der Waals surface area contributed by atoms with E-state index in [2.05, 4.69) is 45.9 Å². The first-order valence-corrected chi connectivity index (χ1v) is 7.50. The molecule has 0 fully saturated rings. The standard InChI is InChI=1S/C15H23OP/c1-5-12-8-7-9-13(6-2)14(12)15(16)17-10-11(3)4/h7-9,11,16H,5-6,10H2,1-4H3/p-1. The van der Waals surface area contributed by atoms with Crippen LogP contribution in [0.2, 0.25) is 0 Å². The van der Waals surface area contributed by atoms with E-state index >= 15 is 0 Å². The number of hydrogen-bond acceptors (Lipinski definition) is 1. The van der Waals surface area contributed by atoms with Crippen LogP contribution < -0.4 is 5.11 Å². The van der Waals surface area contributed by atoms with Gasteiger partial charge in [0.15, 0.2) is 0 Å². The Labute approximate surface area is 107 Å². The Bertz CT molecular complexity index is 372. The average molecular weight is 249 g/mol. The molecule has 1 aromatic carbocycles. The minimum absolute atomic E-state index is 0.299. The molecule has 2 heteroatoms. The lowest BCUT2D eigenvalue weighted by Crippen LogP contribution is -2.20. The van der Waals surface area contributed by atoms with E-state index in [1.54, 1.807) is 0 Å². The van der Waals surface area contributed by atoms with Gasteiger partial charge in [0, 0.05) is 0 Å². The maximum Gasteiger partial charge on any atom is -0.00927 e. The summed E-state index contributed by atoms with van der Waals surface area (Å²) in [7, 11) is 0.941. The SMILES string of the molecule is CCc1cccc(CC)c1C([O-])=PCC(C)C. The van der Waals surface area contributed by atoms with Crippen LogP contribution in [0, 0.1) is 5.92 Å². The van der Waals surface area contributed by atoms with Crippen molar-refractivity contribution in [1.82, 2.24) is 0 Å². The molecule has 0 saturated heterocycles. The fourth-order valence-electron chi connectivity index (χ4n) is 1.86. The van der Waals surface area contributed by atoms with Gasteiger partial charge in [0.25, 0.3) is 0 Å². The van der Waals surface area contributed by atoms with Gasteiger partial charge in [-0.25, -0.2) is 0 Å². The molecule has 0 unspecified atom stereocenters. The quantitative estimate of drug-likeness (QED) is 0.735. The van der Waals surface area contributed by atoms with Crippen LogP contribution in [0.5, 0.6) is 0 Å². The van der Waals surface area contributed by atoms with Crippen LogP contribution in [0.25, 0.3) is 0 Å². The van der Waals surface area contributed by atoms with E-state index in [9.17, 15) is 5.11 Å². The number of benzene rings is 1. The molecule has 17 heavy (non-hydrogen) atoms. The van der Waals surface area contributed by atoms with Crippen LogP contribution >= 0.6 is 8.20 Å². The molecule has 0 N–H and O–H groups in total. The molecule has 0 aliphatic carbocycles. The summed E-state index contributed by atoms with van der Waals surface area (Å²) in [5.41, 5.74) is 3.68. The Morgan fingerprint density at radius 2 is 1.71 bits per heavy atom. The predicted octanol–water partition coefficient (Wildman–Crippen LogP) is 3.25. The molecule has 0 heterocycles. The van der Waals surface area contributed by atoms with Crippen molar-refractivity contribution in [2.45, 2.75) is 40.5 Å². The van der Waals surface area contributed by atoms with Crippen molar-refractivity contribution in [3.8, 4) is 0 Å². The lowest BCUT2D eigenvalue weighted by Gasteiger charge is -2.20. The lowest BCUT2D eigenvalue weighted by atomic mass is 9.98. The van der Waals surface area contributed by atoms with Crippen molar-refractivity contribution in [1.29, 1.82) is 0 Å². The summed E-state index contributed by atoms with van der Waals surface area (Å²) in [5.74, 6) is 0.583. The predicted molar refractivity (Wildman–Crippen MR) is 75.9 cm³/mol. The number of hydrogen-bond donors (Lipinski definition) is 0. The van der Waals surface area contributed by atoms with E-state index in [0.717, 1.165) is 32.8 Å². The van der Waals surface area contributed by atoms with Gasteiger partial charge in [0.1, 0.15) is 0 Å². The number of rotatable bonds is 5. The van der Waals surface area contributed by atoms with Gasteiger partial charge in [-0.05, 0) is 41.6 Å². The lowest BCUT2D eigenvalue weighted by molar-refractivity contribution is -0.207. The van der Waals surface area contributed by atoms with E-state index in [0.29, 0.717) is 11.4 Å². The fourth-order valence-corrected chi connectivity index (χ4v) is 2.84. The third kappa shape index (κ3) is 3.94. The molecule has 0 radical (unpaired) electrons. The third-order valence-electron chi connectivity index (χ3n) is 2.81. The molecule has 0 amide bonds. The average Bonchev–Trinajstić information content (AvgIpc) is 2.34. The smallest absolute Gasteiger partial charge is 0.00927 e. The topological polar surface area (TPSA) is 23.1 Å². The normalized spacial score (nSPS) is 12.2. The van der Waals surface area contributed by atoms with Gasteiger partial charge in [0.2, 0.25) is 0 Å². The fraction of sp³-hybridized carbons (Fsp3) is 0.533. The van der Waals surface area contributed by atoms with Crippen LogP contribution in [0.1, 0.15) is 44.4 Å². The highest BCUT2D eigenvalue weighted by Crippen LogP contribution is 2.19. The summed E-state index contributed by atoms with van der Waals surface area (Å²) in [6, 6.07) is 6.22. The van der Waals surface area contributed by atoms with E-state index < -0.39 is 0 Å². The van der Waals surface area contributed by atoms with Crippen LogP contribution in [-0.4, -0.2) is 11.6 Å². The molecule has 0 saturated carbocycles. The summed E-state index contributed by atoms with van der Waals surface area (Å²) >= 11 is 0. The first-order valence-electron chi connectivity index (χ1n) is 6.42. The maximum absolute atomic E-state index is 12.3. The van der Waals surface area contributed by atoms with Crippen molar-refractivity contribution in [3.63, 3.8) is 0 Å². The van der Waals surface area contributed by atoms with Gasteiger partial charge in [0.05, 0.1) is 0 Å². The molecular formula is C15H22OP-. The first kappa shape index (κ1) is 14.4. The zero-order valence-electron chi connectivity index (χ0n) is 11.3. The summed E-state index contributed by atoms with van der Waals surface area (Å²) in [6.45, 7) is 8.55. The van der Waals surface area contributed by atoms with Gasteiger partial charge in [-0.2, -0.15) is 0 Å². The van der Waals surface area contributed by atoms with E-state index in [1.807, 2.05) is 0 Å². The van der Waals surface area contributed by atoms with Crippen molar-refractivity contribution < 1.29 is 5.11 Å². The van der Waals surface area contributed by atoms with Crippen LogP contribution in [0.15, 0.2) is 18.2 Å². The highest BCUT2D eigenvalue weighted by atomic mass is 31.1. The van der Waals surface area contributed by atoms with Crippen LogP contribution in [0.3, 0.4) is 0 Å². The monoisotopic (exact) mass is 249 g/mol. The molecule has 1 aromatic rings. The summed E-state index contributed by atoms with van der Waals surface area (Å²) in [5, 5.41) is 12.3. The molecule has 0 spiro atoms. The maximum atomic E-state index is 12.3. The Hall–Kier alpha value is -0.650. The Morgan fingerprint density at radius 1 is 1.18 bits per heavy atom. The second-order valence-electron chi connectivity index (χ2n) is 4.70. The molecule has 0 aromatic heterocycles. The molecule has 0 bridgehead atoms. The molecule has 0 aliphatic heterocycles. The van der Waals surface area contributed by atoms with E-state index in [4.69, 9.17) is 0 Å². The molecular weight excluding hydrogens is 227 g/mol. The van der Waals surface area contributed by atoms with Gasteiger partial charge in [-0.3, -0.25) is 0 Å². The van der Waals surface area contributed by atoms with Gasteiger partial charge < -0.3 is 5.11 Å². The van der Waals surface area contributed by atoms with Gasteiger partial charge in [-0.15, -0.1) is 13.7 Å². The Morgan fingerprint density at radius 3 is 2.12 bits per heavy atom. The van der Waals surface area contributed by atoms with Crippen molar-refractivity contribution in [2.24, 2.45) is 5.92 Å². The Balaban J connectivity index is 3.13. The summed E-state index contributed by atoms with van der Waals surface area (Å²) in [4.78, 5) is 0. The summed E-state index contributed by atoms with van der Waals surface area (Å²) < 4.78 is 0. The zero-order valence-corrected chi connectivity index (χ0v) is 12.2. The molecule has 1 nitrogen and oxygen atoms in total. The van der Waals surface area contributed by atoms with E-state index in [1.165, 1.54) is 11.1 Å². The third-order valence-corrected chi connectivity index (χ3v) is 4.24. The Kier molecular flexibility index (Phi) is 5.88. The largest absolute Gasteiger partial charge is 0.824 e. The van der Waals surface area contributed by atoms with Gasteiger partial charge in [-0.1, -0.05) is 45.9 Å². The second-order valence-corrected chi connectivity index (χ2v) is 5.79. The highest BCUT2D eigenvalue weighted by molar-refractivity contribution is 7.40. The molecule has 0 aliphatic rings. The minimum atomic E-state index is 0.299. The van der Waals surface area contributed by atoms with E-state index in [-0.39, 0.29) is 0 Å². The van der Waals surface area contributed by atoms with Crippen LogP contribution in [0.4, 0.5) is 0 Å². The zero-order chi connectivity index (χ0) is 12.8. The molecule has 94 valence electrons. The minimum Gasteiger partial charge on any atom is -0.824 e.